The van der Waals surface area contributed by atoms with Crippen molar-refractivity contribution in [2.45, 2.75) is 31.1 Å². The van der Waals surface area contributed by atoms with Crippen molar-refractivity contribution in [2.24, 2.45) is 10.9 Å². The Morgan fingerprint density at radius 2 is 1.93 bits per heavy atom. The van der Waals surface area contributed by atoms with Gasteiger partial charge in [-0.3, -0.25) is 15.1 Å². The van der Waals surface area contributed by atoms with Gasteiger partial charge < -0.3 is 15.5 Å². The second-order valence-electron chi connectivity index (χ2n) is 7.46. The van der Waals surface area contributed by atoms with E-state index in [1.807, 2.05) is 0 Å². The molecule has 1 aromatic carbocycles. The Labute approximate surface area is 178 Å². The quantitative estimate of drug-likeness (QED) is 0.164. The maximum absolute atomic E-state index is 12.3. The summed E-state index contributed by atoms with van der Waals surface area (Å²) in [5, 5.41) is 17.1. The zero-order valence-electron chi connectivity index (χ0n) is 17.6. The van der Waals surface area contributed by atoms with Gasteiger partial charge in [-0.25, -0.2) is 13.1 Å². The fourth-order valence-corrected chi connectivity index (χ4v) is 4.30. The number of rotatable bonds is 10. The van der Waals surface area contributed by atoms with Crippen molar-refractivity contribution in [2.75, 3.05) is 46.3 Å². The van der Waals surface area contributed by atoms with E-state index in [1.165, 1.54) is 44.1 Å². The van der Waals surface area contributed by atoms with Gasteiger partial charge in [-0.15, -0.1) is 0 Å². The number of likely N-dealkylation sites (tertiary alicyclic amines) is 1. The molecule has 1 aliphatic heterocycles. The van der Waals surface area contributed by atoms with Crippen LogP contribution in [0, 0.1) is 16.0 Å². The largest absolute Gasteiger partial charge is 0.356 e. The lowest BCUT2D eigenvalue weighted by atomic mass is 9.99. The van der Waals surface area contributed by atoms with Crippen LogP contribution in [0.4, 0.5) is 5.69 Å². The van der Waals surface area contributed by atoms with Crippen molar-refractivity contribution in [3.63, 3.8) is 0 Å². The molecule has 3 N–H and O–H groups in total. The van der Waals surface area contributed by atoms with Gasteiger partial charge >= 0.3 is 0 Å². The Hall–Kier alpha value is -2.24. The average molecular weight is 441 g/mol. The number of nitro groups is 1. The van der Waals surface area contributed by atoms with E-state index in [9.17, 15) is 18.5 Å². The van der Waals surface area contributed by atoms with E-state index in [2.05, 4.69) is 32.2 Å². The molecular weight excluding hydrogens is 408 g/mol. The maximum atomic E-state index is 12.3. The number of aliphatic imine (C=N–C) groups is 1. The van der Waals surface area contributed by atoms with Gasteiger partial charge in [0.15, 0.2) is 5.96 Å². The van der Waals surface area contributed by atoms with Crippen molar-refractivity contribution in [3.05, 3.63) is 34.4 Å². The zero-order chi connectivity index (χ0) is 22.0. The molecule has 0 amide bonds. The number of piperidine rings is 1. The van der Waals surface area contributed by atoms with E-state index >= 15 is 0 Å². The molecule has 168 valence electrons. The second-order valence-corrected chi connectivity index (χ2v) is 9.22. The molecule has 0 atom stereocenters. The van der Waals surface area contributed by atoms with Crippen LogP contribution in [0.3, 0.4) is 0 Å². The van der Waals surface area contributed by atoms with E-state index in [1.54, 1.807) is 7.05 Å². The first-order valence-electron chi connectivity index (χ1n) is 10.2. The van der Waals surface area contributed by atoms with E-state index in [4.69, 9.17) is 0 Å². The van der Waals surface area contributed by atoms with E-state index < -0.39 is 14.9 Å². The lowest BCUT2D eigenvalue weighted by Gasteiger charge is -2.30. The summed E-state index contributed by atoms with van der Waals surface area (Å²) >= 11 is 0. The topological polar surface area (TPSA) is 129 Å². The fourth-order valence-electron chi connectivity index (χ4n) is 3.23. The standard InChI is InChI=1S/C19H32N6O4S/c1-16-7-13-24(14-8-16)12-4-9-21-19(20-2)22-10-11-23-30(28,29)18-6-3-5-17(15-18)25(26)27/h3,5-6,15-16,23H,4,7-14H2,1-2H3,(H2,20,21,22). The first-order valence-corrected chi connectivity index (χ1v) is 11.7. The molecule has 0 saturated carbocycles. The third kappa shape index (κ3) is 7.88. The molecule has 1 aromatic rings. The summed E-state index contributed by atoms with van der Waals surface area (Å²) in [6, 6.07) is 4.97. The van der Waals surface area contributed by atoms with Crippen LogP contribution in [0.2, 0.25) is 0 Å². The van der Waals surface area contributed by atoms with Gasteiger partial charge in [0.2, 0.25) is 10.0 Å². The summed E-state index contributed by atoms with van der Waals surface area (Å²) in [7, 11) is -2.16. The Balaban J connectivity index is 1.66. The Morgan fingerprint density at radius 3 is 2.60 bits per heavy atom. The minimum atomic E-state index is -3.82. The number of guanidine groups is 1. The molecule has 0 spiro atoms. The summed E-state index contributed by atoms with van der Waals surface area (Å²) < 4.78 is 27.0. The first-order chi connectivity index (χ1) is 14.3. The number of nitro benzene ring substituents is 1. The zero-order valence-corrected chi connectivity index (χ0v) is 18.5. The van der Waals surface area contributed by atoms with Crippen LogP contribution < -0.4 is 15.4 Å². The molecule has 1 fully saturated rings. The van der Waals surface area contributed by atoms with Crippen LogP contribution in [-0.4, -0.2) is 70.5 Å². The molecular formula is C19H32N6O4S. The molecule has 1 heterocycles. The third-order valence-corrected chi connectivity index (χ3v) is 6.55. The van der Waals surface area contributed by atoms with Crippen LogP contribution in [-0.2, 0) is 10.0 Å². The lowest BCUT2D eigenvalue weighted by molar-refractivity contribution is -0.385. The number of non-ortho nitro benzene ring substituents is 1. The highest BCUT2D eigenvalue weighted by molar-refractivity contribution is 7.89. The van der Waals surface area contributed by atoms with Gasteiger partial charge in [-0.05, 0) is 50.9 Å². The van der Waals surface area contributed by atoms with Gasteiger partial charge in [0, 0.05) is 38.8 Å². The molecule has 11 heteroatoms. The third-order valence-electron chi connectivity index (χ3n) is 5.09. The van der Waals surface area contributed by atoms with Crippen LogP contribution in [0.5, 0.6) is 0 Å². The number of benzene rings is 1. The highest BCUT2D eigenvalue weighted by Crippen LogP contribution is 2.17. The van der Waals surface area contributed by atoms with Gasteiger partial charge in [0.25, 0.3) is 5.69 Å². The number of sulfonamides is 1. The van der Waals surface area contributed by atoms with Crippen LogP contribution >= 0.6 is 0 Å². The molecule has 0 bridgehead atoms. The monoisotopic (exact) mass is 440 g/mol. The molecule has 30 heavy (non-hydrogen) atoms. The van der Waals surface area contributed by atoms with Crippen LogP contribution in [0.1, 0.15) is 26.2 Å². The Morgan fingerprint density at radius 1 is 1.23 bits per heavy atom. The SMILES string of the molecule is CN=C(NCCCN1CCC(C)CC1)NCCNS(=O)(=O)c1cccc([N+](=O)[O-])c1. The molecule has 0 aliphatic carbocycles. The van der Waals surface area contributed by atoms with Crippen LogP contribution in [0.15, 0.2) is 34.2 Å². The van der Waals surface area contributed by atoms with Crippen molar-refractivity contribution in [1.29, 1.82) is 0 Å². The average Bonchev–Trinajstić information content (AvgIpc) is 2.74. The highest BCUT2D eigenvalue weighted by Gasteiger charge is 2.17. The summed E-state index contributed by atoms with van der Waals surface area (Å²) in [4.78, 5) is 16.7. The summed E-state index contributed by atoms with van der Waals surface area (Å²) in [5.41, 5.74) is -0.264. The fraction of sp³-hybridized carbons (Fsp3) is 0.632. The van der Waals surface area contributed by atoms with Crippen LogP contribution in [0.25, 0.3) is 0 Å². The first kappa shape index (κ1) is 24.0. The minimum absolute atomic E-state index is 0.123. The predicted octanol–water partition coefficient (Wildman–Crippen LogP) is 1.16. The summed E-state index contributed by atoms with van der Waals surface area (Å²) in [5.74, 6) is 1.44. The summed E-state index contributed by atoms with van der Waals surface area (Å²) in [6.07, 6.45) is 3.54. The molecule has 10 nitrogen and oxygen atoms in total. The molecule has 1 saturated heterocycles. The van der Waals surface area contributed by atoms with E-state index in [0.717, 1.165) is 31.5 Å². The molecule has 2 rings (SSSR count). The van der Waals surface area contributed by atoms with Crippen molar-refractivity contribution in [3.8, 4) is 0 Å². The Bertz CT molecular complexity index is 822. The number of nitrogens with one attached hydrogen (secondary N) is 3. The van der Waals surface area contributed by atoms with Gasteiger partial charge in [0.1, 0.15) is 0 Å². The number of nitrogens with zero attached hydrogens (tertiary/aromatic N) is 3. The van der Waals surface area contributed by atoms with Crippen molar-refractivity contribution >= 4 is 21.7 Å². The van der Waals surface area contributed by atoms with Gasteiger partial charge in [-0.1, -0.05) is 13.0 Å². The van der Waals surface area contributed by atoms with Gasteiger partial charge in [0.05, 0.1) is 9.82 Å². The Kier molecular flexibility index (Phi) is 9.47. The smallest absolute Gasteiger partial charge is 0.270 e. The van der Waals surface area contributed by atoms with E-state index in [-0.39, 0.29) is 17.1 Å². The lowest BCUT2D eigenvalue weighted by Crippen LogP contribution is -2.42. The molecule has 0 aromatic heterocycles. The van der Waals surface area contributed by atoms with Crippen molar-refractivity contribution < 1.29 is 13.3 Å². The molecule has 1 aliphatic rings. The normalized spacial score (nSPS) is 16.4. The van der Waals surface area contributed by atoms with E-state index in [0.29, 0.717) is 12.5 Å². The maximum Gasteiger partial charge on any atom is 0.270 e. The molecule has 0 radical (unpaired) electrons. The van der Waals surface area contributed by atoms with Gasteiger partial charge in [-0.2, -0.15) is 0 Å². The summed E-state index contributed by atoms with van der Waals surface area (Å²) in [6.45, 7) is 6.93. The minimum Gasteiger partial charge on any atom is -0.356 e. The highest BCUT2D eigenvalue weighted by atomic mass is 32.2. The predicted molar refractivity (Wildman–Crippen MR) is 117 cm³/mol. The van der Waals surface area contributed by atoms with Crippen molar-refractivity contribution in [1.82, 2.24) is 20.3 Å². The molecule has 0 unspecified atom stereocenters. The number of hydrogen-bond acceptors (Lipinski definition) is 6. The second kappa shape index (κ2) is 11.8. The number of hydrogen-bond donors (Lipinski definition) is 3.